The zero-order valence-corrected chi connectivity index (χ0v) is 15.7. The number of nitrogens with one attached hydrogen (secondary N) is 3. The lowest BCUT2D eigenvalue weighted by Crippen LogP contribution is -2.14. The summed E-state index contributed by atoms with van der Waals surface area (Å²) in [6, 6.07) is 7.77. The number of aromatic nitrogens is 4. The second-order valence-electron chi connectivity index (χ2n) is 6.43. The Hall–Kier alpha value is -3.29. The summed E-state index contributed by atoms with van der Waals surface area (Å²) in [5.74, 6) is 2.07. The van der Waals surface area contributed by atoms with Gasteiger partial charge in [-0.3, -0.25) is 0 Å². The van der Waals surface area contributed by atoms with Crippen molar-refractivity contribution in [3.63, 3.8) is 0 Å². The zero-order valence-electron chi connectivity index (χ0n) is 15.7. The molecule has 140 valence electrons. The molecular weight excluding hydrogens is 342 g/mol. The largest absolute Gasteiger partial charge is 0.494 e. The number of hydrogen-bond donors (Lipinski definition) is 3. The van der Waals surface area contributed by atoms with E-state index in [1.807, 2.05) is 49.1 Å². The molecule has 0 saturated carbocycles. The van der Waals surface area contributed by atoms with Crippen LogP contribution in [0, 0.1) is 6.92 Å². The zero-order chi connectivity index (χ0) is 18.8. The first-order valence-corrected chi connectivity index (χ1v) is 8.97. The van der Waals surface area contributed by atoms with Crippen LogP contribution in [0.5, 0.6) is 5.75 Å². The van der Waals surface area contributed by atoms with Crippen molar-refractivity contribution in [1.82, 2.24) is 19.7 Å². The fraction of sp³-hybridized carbons (Fsp3) is 0.316. The van der Waals surface area contributed by atoms with Crippen LogP contribution in [-0.4, -0.2) is 40.5 Å². The molecule has 0 atom stereocenters. The van der Waals surface area contributed by atoms with Crippen LogP contribution in [0.25, 0.3) is 5.69 Å². The minimum Gasteiger partial charge on any atom is -0.494 e. The Morgan fingerprint density at radius 3 is 2.93 bits per heavy atom. The summed E-state index contributed by atoms with van der Waals surface area (Å²) in [6.45, 7) is 2.92. The minimum atomic E-state index is 0.541. The molecule has 1 aliphatic heterocycles. The van der Waals surface area contributed by atoms with Gasteiger partial charge in [0.2, 0.25) is 5.95 Å². The van der Waals surface area contributed by atoms with Crippen LogP contribution < -0.4 is 20.7 Å². The molecule has 4 rings (SSSR count). The van der Waals surface area contributed by atoms with Gasteiger partial charge in [-0.2, -0.15) is 10.1 Å². The number of ether oxygens (including phenoxy) is 1. The van der Waals surface area contributed by atoms with Crippen molar-refractivity contribution in [2.45, 2.75) is 19.8 Å². The molecule has 0 fully saturated rings. The summed E-state index contributed by atoms with van der Waals surface area (Å²) in [7, 11) is 3.51. The van der Waals surface area contributed by atoms with Gasteiger partial charge in [0.25, 0.3) is 0 Å². The number of hydrogen-bond acceptors (Lipinski definition) is 7. The van der Waals surface area contributed by atoms with Gasteiger partial charge in [-0.25, -0.2) is 9.67 Å². The first-order chi connectivity index (χ1) is 13.2. The number of fused-ring (bicyclic) bond motifs is 1. The van der Waals surface area contributed by atoms with Crippen molar-refractivity contribution in [3.05, 3.63) is 41.9 Å². The molecule has 0 bridgehead atoms. The Morgan fingerprint density at radius 1 is 1.22 bits per heavy atom. The third-order valence-electron chi connectivity index (χ3n) is 4.55. The van der Waals surface area contributed by atoms with Crippen LogP contribution in [-0.2, 0) is 6.42 Å². The van der Waals surface area contributed by atoms with Crippen molar-refractivity contribution in [2.75, 3.05) is 36.7 Å². The Labute approximate surface area is 158 Å². The number of benzene rings is 1. The lowest BCUT2D eigenvalue weighted by atomic mass is 10.1. The summed E-state index contributed by atoms with van der Waals surface area (Å²) in [5, 5.41) is 14.3. The average Bonchev–Trinajstić information content (AvgIpc) is 3.11. The maximum Gasteiger partial charge on any atom is 0.229 e. The SMILES string of the molecule is CNc1cc(C)nc(Nc2ccc(OC)c(-n3ncc4c3CCCN4)c2)n1. The van der Waals surface area contributed by atoms with Crippen LogP contribution in [0.3, 0.4) is 0 Å². The lowest BCUT2D eigenvalue weighted by Gasteiger charge is -2.18. The first-order valence-electron chi connectivity index (χ1n) is 8.97. The van der Waals surface area contributed by atoms with E-state index in [2.05, 4.69) is 31.0 Å². The highest BCUT2D eigenvalue weighted by molar-refractivity contribution is 5.64. The number of rotatable bonds is 5. The average molecular weight is 365 g/mol. The van der Waals surface area contributed by atoms with E-state index in [9.17, 15) is 0 Å². The van der Waals surface area contributed by atoms with Gasteiger partial charge < -0.3 is 20.7 Å². The molecule has 3 aromatic rings. The molecule has 0 aliphatic carbocycles. The van der Waals surface area contributed by atoms with E-state index in [1.54, 1.807) is 7.11 Å². The number of methoxy groups -OCH3 is 1. The molecule has 3 heterocycles. The van der Waals surface area contributed by atoms with Gasteiger partial charge in [0, 0.05) is 31.0 Å². The Bertz CT molecular complexity index is 967. The highest BCUT2D eigenvalue weighted by atomic mass is 16.5. The molecule has 3 N–H and O–H groups in total. The van der Waals surface area contributed by atoms with Crippen LogP contribution in [0.15, 0.2) is 30.5 Å². The summed E-state index contributed by atoms with van der Waals surface area (Å²) >= 11 is 0. The van der Waals surface area contributed by atoms with Gasteiger partial charge >= 0.3 is 0 Å². The summed E-state index contributed by atoms with van der Waals surface area (Å²) in [4.78, 5) is 8.91. The highest BCUT2D eigenvalue weighted by Crippen LogP contribution is 2.31. The lowest BCUT2D eigenvalue weighted by molar-refractivity contribution is 0.411. The molecule has 2 aromatic heterocycles. The van der Waals surface area contributed by atoms with Crippen LogP contribution >= 0.6 is 0 Å². The Balaban J connectivity index is 1.71. The third-order valence-corrected chi connectivity index (χ3v) is 4.55. The van der Waals surface area contributed by atoms with Gasteiger partial charge in [-0.15, -0.1) is 0 Å². The van der Waals surface area contributed by atoms with Crippen molar-refractivity contribution in [1.29, 1.82) is 0 Å². The highest BCUT2D eigenvalue weighted by Gasteiger charge is 2.18. The van der Waals surface area contributed by atoms with Gasteiger partial charge in [0.15, 0.2) is 0 Å². The molecule has 1 aliphatic rings. The molecule has 8 heteroatoms. The molecular formula is C19H23N7O. The van der Waals surface area contributed by atoms with E-state index >= 15 is 0 Å². The molecule has 0 unspecified atom stereocenters. The van der Waals surface area contributed by atoms with Crippen molar-refractivity contribution in [2.24, 2.45) is 0 Å². The van der Waals surface area contributed by atoms with Gasteiger partial charge in [0.1, 0.15) is 17.3 Å². The van der Waals surface area contributed by atoms with Crippen LogP contribution in [0.1, 0.15) is 17.8 Å². The standard InChI is InChI=1S/C19H23N7O/c1-12-9-18(20-2)25-19(23-12)24-13-6-7-17(27-3)16(10-13)26-15-5-4-8-21-14(15)11-22-26/h6-7,9-11,21H,4-5,8H2,1-3H3,(H2,20,23,24,25). The van der Waals surface area contributed by atoms with E-state index in [4.69, 9.17) is 4.74 Å². The molecule has 0 spiro atoms. The van der Waals surface area contributed by atoms with Gasteiger partial charge in [0.05, 0.1) is 24.7 Å². The predicted octanol–water partition coefficient (Wildman–Crippen LogP) is 3.12. The van der Waals surface area contributed by atoms with E-state index in [0.717, 1.165) is 53.7 Å². The summed E-state index contributed by atoms with van der Waals surface area (Å²) in [6.07, 6.45) is 3.94. The topological polar surface area (TPSA) is 88.9 Å². The fourth-order valence-corrected chi connectivity index (χ4v) is 3.26. The van der Waals surface area contributed by atoms with E-state index < -0.39 is 0 Å². The first kappa shape index (κ1) is 17.1. The van der Waals surface area contributed by atoms with Crippen LogP contribution in [0.4, 0.5) is 23.1 Å². The van der Waals surface area contributed by atoms with Crippen molar-refractivity contribution < 1.29 is 4.74 Å². The second-order valence-corrected chi connectivity index (χ2v) is 6.43. The summed E-state index contributed by atoms with van der Waals surface area (Å²) < 4.78 is 7.52. The van der Waals surface area contributed by atoms with E-state index in [0.29, 0.717) is 5.95 Å². The monoisotopic (exact) mass is 365 g/mol. The fourth-order valence-electron chi connectivity index (χ4n) is 3.26. The third kappa shape index (κ3) is 3.38. The molecule has 0 radical (unpaired) electrons. The van der Waals surface area contributed by atoms with Gasteiger partial charge in [-0.1, -0.05) is 0 Å². The molecule has 1 aromatic carbocycles. The Kier molecular flexibility index (Phi) is 4.53. The number of aryl methyl sites for hydroxylation is 1. The van der Waals surface area contributed by atoms with Crippen molar-refractivity contribution in [3.8, 4) is 11.4 Å². The quantitative estimate of drug-likeness (QED) is 0.640. The van der Waals surface area contributed by atoms with E-state index in [-0.39, 0.29) is 0 Å². The second kappa shape index (κ2) is 7.14. The summed E-state index contributed by atoms with van der Waals surface area (Å²) in [5.41, 5.74) is 4.89. The molecule has 0 saturated heterocycles. The molecule has 27 heavy (non-hydrogen) atoms. The normalized spacial score (nSPS) is 12.9. The maximum atomic E-state index is 5.57. The van der Waals surface area contributed by atoms with E-state index in [1.165, 1.54) is 5.69 Å². The van der Waals surface area contributed by atoms with Crippen LogP contribution in [0.2, 0.25) is 0 Å². The minimum absolute atomic E-state index is 0.541. The van der Waals surface area contributed by atoms with Gasteiger partial charge in [-0.05, 0) is 38.0 Å². The smallest absolute Gasteiger partial charge is 0.229 e. The predicted molar refractivity (Wildman–Crippen MR) is 107 cm³/mol. The molecule has 0 amide bonds. The Morgan fingerprint density at radius 2 is 2.11 bits per heavy atom. The molecule has 8 nitrogen and oxygen atoms in total. The number of nitrogens with zero attached hydrogens (tertiary/aromatic N) is 4. The van der Waals surface area contributed by atoms with Crippen molar-refractivity contribution >= 4 is 23.1 Å². The maximum absolute atomic E-state index is 5.57. The number of anilines is 4.